The Bertz CT molecular complexity index is 687. The van der Waals surface area contributed by atoms with E-state index in [1.165, 1.54) is 12.1 Å². The number of halogens is 3. The van der Waals surface area contributed by atoms with Crippen molar-refractivity contribution in [1.29, 1.82) is 5.26 Å². The number of nitriles is 1. The van der Waals surface area contributed by atoms with Crippen molar-refractivity contribution < 1.29 is 13.2 Å². The average Bonchev–Trinajstić information content (AvgIpc) is 2.45. The van der Waals surface area contributed by atoms with Crippen LogP contribution in [0.25, 0.3) is 0 Å². The number of alkyl halides is 3. The number of aryl methyl sites for hydroxylation is 1. The topological polar surface area (TPSA) is 48.7 Å². The molecule has 0 unspecified atom stereocenters. The fourth-order valence-corrected chi connectivity index (χ4v) is 1.87. The molecule has 1 N–H and O–H groups in total. The molecule has 0 bridgehead atoms. The zero-order valence-corrected chi connectivity index (χ0v) is 11.2. The first-order valence-corrected chi connectivity index (χ1v) is 6.16. The Labute approximate surface area is 120 Å². The maximum atomic E-state index is 12.9. The molecule has 1 aromatic heterocycles. The highest BCUT2D eigenvalue weighted by atomic mass is 19.4. The summed E-state index contributed by atoms with van der Waals surface area (Å²) in [4.78, 5) is 3.98. The Morgan fingerprint density at radius 3 is 2.67 bits per heavy atom. The van der Waals surface area contributed by atoms with E-state index >= 15 is 0 Å². The van der Waals surface area contributed by atoms with Crippen LogP contribution in [0.15, 0.2) is 36.7 Å². The third-order valence-corrected chi connectivity index (χ3v) is 3.08. The van der Waals surface area contributed by atoms with Crippen molar-refractivity contribution in [2.24, 2.45) is 0 Å². The van der Waals surface area contributed by atoms with Crippen LogP contribution in [-0.4, -0.2) is 4.98 Å². The number of benzene rings is 1. The van der Waals surface area contributed by atoms with Crippen molar-refractivity contribution in [3.8, 4) is 6.07 Å². The summed E-state index contributed by atoms with van der Waals surface area (Å²) in [6.45, 7) is 2.27. The molecule has 1 heterocycles. The molecule has 0 aliphatic rings. The van der Waals surface area contributed by atoms with Gasteiger partial charge in [0.2, 0.25) is 0 Å². The van der Waals surface area contributed by atoms with E-state index in [0.29, 0.717) is 12.2 Å². The molecule has 108 valence electrons. The number of hydrogen-bond acceptors (Lipinski definition) is 3. The van der Waals surface area contributed by atoms with E-state index in [0.717, 1.165) is 17.2 Å². The van der Waals surface area contributed by atoms with Crippen LogP contribution in [0, 0.1) is 18.3 Å². The fourth-order valence-electron chi connectivity index (χ4n) is 1.87. The van der Waals surface area contributed by atoms with Gasteiger partial charge in [-0.25, -0.2) is 0 Å². The van der Waals surface area contributed by atoms with Crippen LogP contribution < -0.4 is 5.32 Å². The molecule has 0 radical (unpaired) electrons. The summed E-state index contributed by atoms with van der Waals surface area (Å²) in [7, 11) is 0. The molecular formula is C15H12F3N3. The van der Waals surface area contributed by atoms with Gasteiger partial charge in [0.05, 0.1) is 17.2 Å². The number of pyridine rings is 1. The zero-order valence-electron chi connectivity index (χ0n) is 11.2. The van der Waals surface area contributed by atoms with Gasteiger partial charge < -0.3 is 5.32 Å². The highest BCUT2D eigenvalue weighted by Crippen LogP contribution is 2.33. The Balaban J connectivity index is 2.23. The van der Waals surface area contributed by atoms with Gasteiger partial charge in [-0.3, -0.25) is 4.98 Å². The standard InChI is InChI=1S/C15H12F3N3/c1-10-4-5-20-8-12(10)9-21-13-3-2-11(7-19)14(6-13)15(16,17)18/h2-6,8,21H,9H2,1H3. The Kier molecular flexibility index (Phi) is 4.13. The Morgan fingerprint density at radius 1 is 1.29 bits per heavy atom. The zero-order chi connectivity index (χ0) is 15.5. The van der Waals surface area contributed by atoms with Gasteiger partial charge in [0.1, 0.15) is 0 Å². The lowest BCUT2D eigenvalue weighted by Crippen LogP contribution is -2.09. The average molecular weight is 291 g/mol. The van der Waals surface area contributed by atoms with E-state index in [9.17, 15) is 13.2 Å². The monoisotopic (exact) mass is 291 g/mol. The van der Waals surface area contributed by atoms with E-state index < -0.39 is 11.7 Å². The lowest BCUT2D eigenvalue weighted by atomic mass is 10.1. The van der Waals surface area contributed by atoms with Crippen LogP contribution in [-0.2, 0) is 12.7 Å². The molecule has 0 saturated heterocycles. The van der Waals surface area contributed by atoms with Gasteiger partial charge in [-0.2, -0.15) is 18.4 Å². The van der Waals surface area contributed by atoms with Crippen LogP contribution in [0.3, 0.4) is 0 Å². The quantitative estimate of drug-likeness (QED) is 0.933. The predicted molar refractivity (Wildman–Crippen MR) is 72.5 cm³/mol. The number of nitrogens with one attached hydrogen (secondary N) is 1. The molecule has 21 heavy (non-hydrogen) atoms. The molecule has 6 heteroatoms. The summed E-state index contributed by atoms with van der Waals surface area (Å²) in [5.74, 6) is 0. The van der Waals surface area contributed by atoms with Crippen LogP contribution in [0.1, 0.15) is 22.3 Å². The third kappa shape index (κ3) is 3.51. The van der Waals surface area contributed by atoms with Crippen molar-refractivity contribution in [3.05, 3.63) is 58.9 Å². The number of rotatable bonds is 3. The Morgan fingerprint density at radius 2 is 2.05 bits per heavy atom. The normalized spacial score (nSPS) is 11.0. The number of nitrogens with zero attached hydrogens (tertiary/aromatic N) is 2. The second kappa shape index (κ2) is 5.83. The van der Waals surface area contributed by atoms with Crippen molar-refractivity contribution in [1.82, 2.24) is 4.98 Å². The molecule has 0 saturated carbocycles. The second-order valence-electron chi connectivity index (χ2n) is 4.53. The first-order chi connectivity index (χ1) is 9.91. The fraction of sp³-hybridized carbons (Fsp3) is 0.200. The summed E-state index contributed by atoms with van der Waals surface area (Å²) in [5.41, 5.74) is 0.894. The molecule has 1 aromatic carbocycles. The lowest BCUT2D eigenvalue weighted by Gasteiger charge is -2.13. The second-order valence-corrected chi connectivity index (χ2v) is 4.53. The minimum absolute atomic E-state index is 0.310. The van der Waals surface area contributed by atoms with Crippen LogP contribution in [0.2, 0.25) is 0 Å². The minimum Gasteiger partial charge on any atom is -0.381 e. The van der Waals surface area contributed by atoms with Crippen LogP contribution >= 0.6 is 0 Å². The lowest BCUT2D eigenvalue weighted by molar-refractivity contribution is -0.137. The molecule has 3 nitrogen and oxygen atoms in total. The van der Waals surface area contributed by atoms with Gasteiger partial charge in [0.25, 0.3) is 0 Å². The van der Waals surface area contributed by atoms with Gasteiger partial charge in [-0.15, -0.1) is 0 Å². The van der Waals surface area contributed by atoms with E-state index in [4.69, 9.17) is 5.26 Å². The Hall–Kier alpha value is -2.55. The van der Waals surface area contributed by atoms with Crippen molar-refractivity contribution in [2.75, 3.05) is 5.32 Å². The predicted octanol–water partition coefficient (Wildman–Crippen LogP) is 3.89. The van der Waals surface area contributed by atoms with Gasteiger partial charge in [0.15, 0.2) is 0 Å². The minimum atomic E-state index is -4.55. The summed E-state index contributed by atoms with van der Waals surface area (Å²) >= 11 is 0. The molecule has 0 spiro atoms. The number of hydrogen-bond donors (Lipinski definition) is 1. The van der Waals surface area contributed by atoms with Gasteiger partial charge >= 0.3 is 6.18 Å². The third-order valence-electron chi connectivity index (χ3n) is 3.08. The molecule has 0 aliphatic heterocycles. The van der Waals surface area contributed by atoms with Crippen LogP contribution in [0.5, 0.6) is 0 Å². The maximum absolute atomic E-state index is 12.9. The smallest absolute Gasteiger partial charge is 0.381 e. The maximum Gasteiger partial charge on any atom is 0.417 e. The number of anilines is 1. The van der Waals surface area contributed by atoms with E-state index in [1.54, 1.807) is 18.5 Å². The van der Waals surface area contributed by atoms with Crippen molar-refractivity contribution in [3.63, 3.8) is 0 Å². The van der Waals surface area contributed by atoms with Gasteiger partial charge in [-0.1, -0.05) is 0 Å². The molecule has 0 aliphatic carbocycles. The van der Waals surface area contributed by atoms with Gasteiger partial charge in [-0.05, 0) is 42.3 Å². The largest absolute Gasteiger partial charge is 0.417 e. The summed E-state index contributed by atoms with van der Waals surface area (Å²) in [6.07, 6.45) is -1.23. The molecule has 0 amide bonds. The molecule has 0 atom stereocenters. The van der Waals surface area contributed by atoms with Crippen molar-refractivity contribution >= 4 is 5.69 Å². The summed E-state index contributed by atoms with van der Waals surface area (Å²) in [5, 5.41) is 11.7. The molecule has 2 rings (SSSR count). The first kappa shape index (κ1) is 14.9. The van der Waals surface area contributed by atoms with E-state index in [2.05, 4.69) is 10.3 Å². The first-order valence-electron chi connectivity index (χ1n) is 6.16. The van der Waals surface area contributed by atoms with Crippen LogP contribution in [0.4, 0.5) is 18.9 Å². The number of aromatic nitrogens is 1. The van der Waals surface area contributed by atoms with E-state index in [-0.39, 0.29) is 5.56 Å². The van der Waals surface area contributed by atoms with Gasteiger partial charge in [0, 0.05) is 24.6 Å². The SMILES string of the molecule is Cc1ccncc1CNc1ccc(C#N)c(C(F)(F)F)c1. The van der Waals surface area contributed by atoms with Crippen molar-refractivity contribution in [2.45, 2.75) is 19.6 Å². The highest BCUT2D eigenvalue weighted by Gasteiger charge is 2.33. The highest BCUT2D eigenvalue weighted by molar-refractivity contribution is 5.53. The van der Waals surface area contributed by atoms with E-state index in [1.807, 2.05) is 13.0 Å². The molecular weight excluding hydrogens is 279 g/mol. The summed E-state index contributed by atoms with van der Waals surface area (Å²) in [6, 6.07) is 6.96. The molecule has 2 aromatic rings. The molecule has 0 fully saturated rings. The summed E-state index contributed by atoms with van der Waals surface area (Å²) < 4.78 is 38.6.